The van der Waals surface area contributed by atoms with Crippen molar-refractivity contribution in [2.45, 2.75) is 44.2 Å². The summed E-state index contributed by atoms with van der Waals surface area (Å²) in [6, 6.07) is 9.12. The maximum atomic E-state index is 14.7. The summed E-state index contributed by atoms with van der Waals surface area (Å²) < 4.78 is 20.2. The molecule has 0 spiro atoms. The number of nitrogens with one attached hydrogen (secondary N) is 2. The number of hydrogen-bond acceptors (Lipinski definition) is 6. The summed E-state index contributed by atoms with van der Waals surface area (Å²) in [6.45, 7) is 2.92. The third-order valence-corrected chi connectivity index (χ3v) is 7.75. The van der Waals surface area contributed by atoms with E-state index in [0.29, 0.717) is 40.7 Å². The van der Waals surface area contributed by atoms with Gasteiger partial charge in [0.1, 0.15) is 11.6 Å². The summed E-state index contributed by atoms with van der Waals surface area (Å²) >= 11 is 0. The summed E-state index contributed by atoms with van der Waals surface area (Å²) in [4.78, 5) is 13.5. The molecule has 2 saturated heterocycles. The van der Waals surface area contributed by atoms with Gasteiger partial charge in [-0.2, -0.15) is 0 Å². The Bertz CT molecular complexity index is 1010. The molecule has 3 heterocycles. The minimum Gasteiger partial charge on any atom is -0.381 e. The van der Waals surface area contributed by atoms with E-state index < -0.39 is 5.82 Å². The average molecular weight is 468 g/mol. The maximum Gasteiger partial charge on any atom is 0.253 e. The molecule has 0 radical (unpaired) electrons. The molecular weight excluding hydrogens is 433 g/mol. The number of carbonyl (C=O) groups excluding carboxylic acids is 1. The van der Waals surface area contributed by atoms with Gasteiger partial charge >= 0.3 is 0 Å². The zero-order valence-electron chi connectivity index (χ0n) is 20.0. The Morgan fingerprint density at radius 2 is 2.00 bits per heavy atom. The van der Waals surface area contributed by atoms with Crippen LogP contribution in [0.2, 0.25) is 0 Å². The fourth-order valence-electron chi connectivity index (χ4n) is 5.93. The largest absolute Gasteiger partial charge is 0.381 e. The lowest BCUT2D eigenvalue weighted by atomic mass is 9.85. The lowest BCUT2D eigenvalue weighted by molar-refractivity contribution is 0.0594. The molecule has 4 atom stereocenters. The number of halogens is 1. The molecule has 1 aromatic heterocycles. The van der Waals surface area contributed by atoms with E-state index in [4.69, 9.17) is 4.74 Å². The summed E-state index contributed by atoms with van der Waals surface area (Å²) in [5.41, 5.74) is 1.11. The Kier molecular flexibility index (Phi) is 6.79. The molecule has 1 aliphatic carbocycles. The fourth-order valence-corrected chi connectivity index (χ4v) is 5.93. The first kappa shape index (κ1) is 23.2. The van der Waals surface area contributed by atoms with Crippen molar-refractivity contribution < 1.29 is 13.9 Å². The van der Waals surface area contributed by atoms with Gasteiger partial charge in [0.15, 0.2) is 0 Å². The topological polar surface area (TPSA) is 79.4 Å². The van der Waals surface area contributed by atoms with E-state index in [9.17, 15) is 9.18 Å². The molecule has 3 fully saturated rings. The van der Waals surface area contributed by atoms with Gasteiger partial charge in [-0.3, -0.25) is 4.79 Å². The van der Waals surface area contributed by atoms with E-state index >= 15 is 0 Å². The van der Waals surface area contributed by atoms with Gasteiger partial charge < -0.3 is 20.3 Å². The maximum absolute atomic E-state index is 14.7. The molecule has 3 aliphatic rings. The fraction of sp³-hybridized carbons (Fsp3) is 0.577. The SMILES string of the molecule is CN(C)C(=O)c1ccc(-c2ccc(N[C@H]3C[C@@H]4CN[C@@H](CC5CCOCC5)[C@H]4C3)nn2)c(F)c1. The smallest absolute Gasteiger partial charge is 0.253 e. The first-order valence-corrected chi connectivity index (χ1v) is 12.4. The minimum absolute atomic E-state index is 0.234. The molecule has 7 nitrogen and oxygen atoms in total. The van der Waals surface area contributed by atoms with Gasteiger partial charge in [-0.15, -0.1) is 10.2 Å². The number of ether oxygens (including phenoxy) is 1. The van der Waals surface area contributed by atoms with Crippen molar-refractivity contribution >= 4 is 11.7 Å². The van der Waals surface area contributed by atoms with Gasteiger partial charge in [0.05, 0.1) is 5.69 Å². The van der Waals surface area contributed by atoms with Crippen molar-refractivity contribution in [2.75, 3.05) is 39.2 Å². The van der Waals surface area contributed by atoms with Crippen LogP contribution in [0.4, 0.5) is 10.2 Å². The van der Waals surface area contributed by atoms with Crippen LogP contribution < -0.4 is 10.6 Å². The van der Waals surface area contributed by atoms with Crippen molar-refractivity contribution in [3.05, 3.63) is 41.7 Å². The van der Waals surface area contributed by atoms with E-state index in [-0.39, 0.29) is 5.91 Å². The molecule has 0 unspecified atom stereocenters. The molecule has 5 rings (SSSR count). The van der Waals surface area contributed by atoms with Gasteiger partial charge in [-0.05, 0) is 86.7 Å². The number of anilines is 1. The second-order valence-electron chi connectivity index (χ2n) is 10.2. The number of fused-ring (bicyclic) bond motifs is 1. The number of hydrogen-bond donors (Lipinski definition) is 2. The van der Waals surface area contributed by atoms with Crippen LogP contribution in [0.1, 0.15) is 42.5 Å². The zero-order chi connectivity index (χ0) is 23.7. The Morgan fingerprint density at radius 3 is 2.71 bits per heavy atom. The lowest BCUT2D eigenvalue weighted by Gasteiger charge is -2.27. The zero-order valence-corrected chi connectivity index (χ0v) is 20.0. The Morgan fingerprint density at radius 1 is 1.18 bits per heavy atom. The molecule has 1 aromatic carbocycles. The predicted molar refractivity (Wildman–Crippen MR) is 129 cm³/mol. The van der Waals surface area contributed by atoms with Crippen molar-refractivity contribution in [3.63, 3.8) is 0 Å². The molecule has 8 heteroatoms. The van der Waals surface area contributed by atoms with Crippen molar-refractivity contribution in [1.82, 2.24) is 20.4 Å². The highest BCUT2D eigenvalue weighted by Crippen LogP contribution is 2.41. The van der Waals surface area contributed by atoms with Crippen LogP contribution in [0.15, 0.2) is 30.3 Å². The Hall–Kier alpha value is -2.58. The molecule has 34 heavy (non-hydrogen) atoms. The molecule has 2 aliphatic heterocycles. The molecule has 182 valence electrons. The van der Waals surface area contributed by atoms with Crippen molar-refractivity contribution in [1.29, 1.82) is 0 Å². The van der Waals surface area contributed by atoms with Crippen LogP contribution >= 0.6 is 0 Å². The molecule has 2 N–H and O–H groups in total. The number of benzene rings is 1. The van der Waals surface area contributed by atoms with E-state index in [1.807, 2.05) is 6.07 Å². The van der Waals surface area contributed by atoms with E-state index in [2.05, 4.69) is 20.8 Å². The monoisotopic (exact) mass is 467 g/mol. The first-order valence-electron chi connectivity index (χ1n) is 12.4. The number of aromatic nitrogens is 2. The molecule has 1 saturated carbocycles. The van der Waals surface area contributed by atoms with Gasteiger partial charge in [0, 0.05) is 50.5 Å². The van der Waals surface area contributed by atoms with Crippen LogP contribution in [0.25, 0.3) is 11.3 Å². The average Bonchev–Trinajstić information content (AvgIpc) is 3.41. The van der Waals surface area contributed by atoms with E-state index in [1.165, 1.54) is 30.2 Å². The van der Waals surface area contributed by atoms with Gasteiger partial charge in [-0.1, -0.05) is 0 Å². The molecule has 2 aromatic rings. The van der Waals surface area contributed by atoms with Crippen molar-refractivity contribution in [2.24, 2.45) is 17.8 Å². The van der Waals surface area contributed by atoms with E-state index in [1.54, 1.807) is 32.3 Å². The second kappa shape index (κ2) is 9.96. The summed E-state index contributed by atoms with van der Waals surface area (Å²) in [5, 5.41) is 15.9. The standard InChI is InChI=1S/C26H34FN5O2/c1-32(2)26(33)17-3-4-20(22(27)13-17)23-5-6-25(31-30-23)29-19-12-18-15-28-24(21(18)14-19)11-16-7-9-34-10-8-16/h3-6,13,16,18-19,21,24,28H,7-12,14-15H2,1-2H3,(H,29,31)/t18-,19+,21+,24+/m1/s1. The highest BCUT2D eigenvalue weighted by molar-refractivity contribution is 5.94. The summed E-state index contributed by atoms with van der Waals surface area (Å²) in [7, 11) is 3.29. The van der Waals surface area contributed by atoms with E-state index in [0.717, 1.165) is 44.3 Å². The third-order valence-electron chi connectivity index (χ3n) is 7.75. The second-order valence-corrected chi connectivity index (χ2v) is 10.2. The Balaban J connectivity index is 1.19. The molecule has 1 amide bonds. The van der Waals surface area contributed by atoms with Crippen molar-refractivity contribution in [3.8, 4) is 11.3 Å². The lowest BCUT2D eigenvalue weighted by Crippen LogP contribution is -2.33. The third kappa shape index (κ3) is 4.93. The number of rotatable bonds is 6. The van der Waals surface area contributed by atoms with Gasteiger partial charge in [0.25, 0.3) is 5.91 Å². The minimum atomic E-state index is -0.477. The summed E-state index contributed by atoms with van der Waals surface area (Å²) in [5.74, 6) is 2.22. The van der Waals surface area contributed by atoms with Crippen LogP contribution in [0, 0.1) is 23.6 Å². The Labute approximate surface area is 200 Å². The van der Waals surface area contributed by atoms with Crippen LogP contribution in [0.3, 0.4) is 0 Å². The molecule has 0 bridgehead atoms. The quantitative estimate of drug-likeness (QED) is 0.676. The normalized spacial score (nSPS) is 26.9. The van der Waals surface area contributed by atoms with Gasteiger partial charge in [-0.25, -0.2) is 4.39 Å². The molecular formula is C26H34FN5O2. The van der Waals surface area contributed by atoms with Crippen LogP contribution in [0.5, 0.6) is 0 Å². The number of nitrogens with zero attached hydrogens (tertiary/aromatic N) is 3. The number of carbonyl (C=O) groups is 1. The first-order chi connectivity index (χ1) is 16.5. The van der Waals surface area contributed by atoms with Crippen LogP contribution in [-0.2, 0) is 4.74 Å². The van der Waals surface area contributed by atoms with Gasteiger partial charge in [0.2, 0.25) is 0 Å². The summed E-state index contributed by atoms with van der Waals surface area (Å²) in [6.07, 6.45) is 5.92. The number of amides is 1. The highest BCUT2D eigenvalue weighted by atomic mass is 19.1. The predicted octanol–water partition coefficient (Wildman–Crippen LogP) is 3.58. The highest BCUT2D eigenvalue weighted by Gasteiger charge is 2.43. The van der Waals surface area contributed by atoms with Crippen LogP contribution in [-0.4, -0.2) is 66.9 Å².